The van der Waals surface area contributed by atoms with Crippen molar-refractivity contribution in [2.45, 2.75) is 43.2 Å². The summed E-state index contributed by atoms with van der Waals surface area (Å²) in [7, 11) is -1.67. The maximum absolute atomic E-state index is 12.3. The van der Waals surface area contributed by atoms with Crippen molar-refractivity contribution in [3.63, 3.8) is 0 Å². The van der Waals surface area contributed by atoms with E-state index in [9.17, 15) is 8.42 Å². The highest BCUT2D eigenvalue weighted by atomic mass is 32.2. The first-order chi connectivity index (χ1) is 9.32. The molecule has 0 radical (unpaired) electrons. The minimum Gasteiger partial charge on any atom is -0.388 e. The predicted octanol–water partition coefficient (Wildman–Crippen LogP) is 1.96. The molecule has 0 aliphatic carbocycles. The summed E-state index contributed by atoms with van der Waals surface area (Å²) >= 11 is 0. The summed E-state index contributed by atoms with van der Waals surface area (Å²) < 4.78 is 33.1. The Morgan fingerprint density at radius 1 is 1.25 bits per heavy atom. The lowest BCUT2D eigenvalue weighted by molar-refractivity contribution is -0.0599. The molecule has 1 aliphatic heterocycles. The largest absolute Gasteiger partial charge is 0.388 e. The van der Waals surface area contributed by atoms with Gasteiger partial charge in [0.25, 0.3) is 0 Å². The van der Waals surface area contributed by atoms with Crippen LogP contribution >= 0.6 is 0 Å². The Morgan fingerprint density at radius 2 is 1.90 bits per heavy atom. The van der Waals surface area contributed by atoms with Gasteiger partial charge in [0.15, 0.2) is 0 Å². The number of hydrogen-bond donors (Lipinski definition) is 2. The van der Waals surface area contributed by atoms with Crippen molar-refractivity contribution in [1.82, 2.24) is 4.72 Å². The number of benzene rings is 1. The number of sulfonamides is 1. The van der Waals surface area contributed by atoms with Crippen molar-refractivity contribution in [3.8, 4) is 0 Å². The summed E-state index contributed by atoms with van der Waals surface area (Å²) in [5.74, 6) is 0. The van der Waals surface area contributed by atoms with Crippen molar-refractivity contribution in [3.05, 3.63) is 24.3 Å². The molecule has 20 heavy (non-hydrogen) atoms. The first kappa shape index (κ1) is 15.3. The van der Waals surface area contributed by atoms with Crippen LogP contribution in [0, 0.1) is 0 Å². The standard InChI is InChI=1S/C14H22N2O3S/c1-14(2)10-12(8-9-19-14)16-20(17,18)13-6-4-11(15-3)5-7-13/h4-7,12,15-16H,8-10H2,1-3H3. The van der Waals surface area contributed by atoms with Crippen LogP contribution in [0.4, 0.5) is 5.69 Å². The van der Waals surface area contributed by atoms with Gasteiger partial charge in [-0.3, -0.25) is 0 Å². The maximum Gasteiger partial charge on any atom is 0.240 e. The second-order valence-electron chi connectivity index (χ2n) is 5.69. The van der Waals surface area contributed by atoms with Crippen molar-refractivity contribution < 1.29 is 13.2 Å². The summed E-state index contributed by atoms with van der Waals surface area (Å²) in [4.78, 5) is 0.292. The predicted molar refractivity (Wildman–Crippen MR) is 79.4 cm³/mol. The topological polar surface area (TPSA) is 67.4 Å². The molecular weight excluding hydrogens is 276 g/mol. The smallest absolute Gasteiger partial charge is 0.240 e. The fourth-order valence-electron chi connectivity index (χ4n) is 2.42. The van der Waals surface area contributed by atoms with Crippen molar-refractivity contribution in [2.75, 3.05) is 19.0 Å². The van der Waals surface area contributed by atoms with Gasteiger partial charge in [-0.05, 0) is 51.0 Å². The molecule has 1 aliphatic rings. The summed E-state index contributed by atoms with van der Waals surface area (Å²) in [6.07, 6.45) is 1.39. The number of nitrogens with one attached hydrogen (secondary N) is 2. The zero-order chi connectivity index (χ0) is 14.8. The molecule has 1 aromatic carbocycles. The zero-order valence-electron chi connectivity index (χ0n) is 12.1. The molecule has 0 spiro atoms. The van der Waals surface area contributed by atoms with Gasteiger partial charge in [-0.1, -0.05) is 0 Å². The molecule has 1 fully saturated rings. The van der Waals surface area contributed by atoms with E-state index in [0.717, 1.165) is 5.69 Å². The second-order valence-corrected chi connectivity index (χ2v) is 7.41. The molecule has 1 heterocycles. The molecule has 1 unspecified atom stereocenters. The molecule has 1 atom stereocenters. The summed E-state index contributed by atoms with van der Waals surface area (Å²) in [5.41, 5.74) is 0.609. The van der Waals surface area contributed by atoms with E-state index in [1.807, 2.05) is 13.8 Å². The van der Waals surface area contributed by atoms with Crippen molar-refractivity contribution in [2.24, 2.45) is 0 Å². The van der Waals surface area contributed by atoms with Crippen LogP contribution in [-0.4, -0.2) is 33.7 Å². The zero-order valence-corrected chi connectivity index (χ0v) is 13.0. The van der Waals surface area contributed by atoms with Crippen LogP contribution in [0.3, 0.4) is 0 Å². The molecule has 0 bridgehead atoms. The van der Waals surface area contributed by atoms with Crippen LogP contribution in [0.25, 0.3) is 0 Å². The van der Waals surface area contributed by atoms with Crippen molar-refractivity contribution in [1.29, 1.82) is 0 Å². The Labute approximate surface area is 120 Å². The molecule has 1 aromatic rings. The number of hydrogen-bond acceptors (Lipinski definition) is 4. The van der Waals surface area contributed by atoms with E-state index in [-0.39, 0.29) is 11.6 Å². The Morgan fingerprint density at radius 3 is 2.45 bits per heavy atom. The van der Waals surface area contributed by atoms with Crippen LogP contribution in [0.1, 0.15) is 26.7 Å². The lowest BCUT2D eigenvalue weighted by Gasteiger charge is -2.35. The molecule has 6 heteroatoms. The Kier molecular flexibility index (Phi) is 4.36. The number of ether oxygens (including phenoxy) is 1. The summed E-state index contributed by atoms with van der Waals surface area (Å²) in [6, 6.07) is 6.65. The molecule has 0 aromatic heterocycles. The van der Waals surface area contributed by atoms with Gasteiger partial charge in [-0.2, -0.15) is 0 Å². The van der Waals surface area contributed by atoms with E-state index < -0.39 is 10.0 Å². The third-order valence-corrected chi connectivity index (χ3v) is 5.01. The molecule has 112 valence electrons. The Bertz CT molecular complexity index is 552. The fourth-order valence-corrected chi connectivity index (χ4v) is 3.69. The van der Waals surface area contributed by atoms with E-state index in [4.69, 9.17) is 4.74 Å². The third kappa shape index (κ3) is 3.71. The second kappa shape index (κ2) is 5.71. The highest BCUT2D eigenvalue weighted by Gasteiger charge is 2.31. The van der Waals surface area contributed by atoms with Gasteiger partial charge in [0.1, 0.15) is 0 Å². The van der Waals surface area contributed by atoms with Gasteiger partial charge in [-0.25, -0.2) is 13.1 Å². The lowest BCUT2D eigenvalue weighted by atomic mass is 9.95. The number of anilines is 1. The summed E-state index contributed by atoms with van der Waals surface area (Å²) in [5, 5.41) is 2.97. The van der Waals surface area contributed by atoms with E-state index in [1.54, 1.807) is 31.3 Å². The van der Waals surface area contributed by atoms with Crippen LogP contribution in [-0.2, 0) is 14.8 Å². The van der Waals surface area contributed by atoms with Crippen LogP contribution in [0.5, 0.6) is 0 Å². The van der Waals surface area contributed by atoms with E-state index in [2.05, 4.69) is 10.0 Å². The van der Waals surface area contributed by atoms with E-state index in [0.29, 0.717) is 24.3 Å². The van der Waals surface area contributed by atoms with Gasteiger partial charge in [0.05, 0.1) is 10.5 Å². The molecule has 2 N–H and O–H groups in total. The Balaban J connectivity index is 2.10. The minimum atomic E-state index is -3.47. The van der Waals surface area contributed by atoms with E-state index in [1.165, 1.54) is 0 Å². The highest BCUT2D eigenvalue weighted by molar-refractivity contribution is 7.89. The van der Waals surface area contributed by atoms with Gasteiger partial charge in [-0.15, -0.1) is 0 Å². The molecule has 2 rings (SSSR count). The van der Waals surface area contributed by atoms with Crippen LogP contribution in [0.2, 0.25) is 0 Å². The summed E-state index contributed by atoms with van der Waals surface area (Å²) in [6.45, 7) is 4.54. The minimum absolute atomic E-state index is 0.0762. The van der Waals surface area contributed by atoms with Crippen molar-refractivity contribution >= 4 is 15.7 Å². The Hall–Kier alpha value is -1.11. The van der Waals surface area contributed by atoms with Gasteiger partial charge < -0.3 is 10.1 Å². The molecule has 0 saturated carbocycles. The van der Waals surface area contributed by atoms with Crippen LogP contribution < -0.4 is 10.0 Å². The van der Waals surface area contributed by atoms with Gasteiger partial charge in [0.2, 0.25) is 10.0 Å². The quantitative estimate of drug-likeness (QED) is 0.892. The van der Waals surface area contributed by atoms with Gasteiger partial charge in [0, 0.05) is 25.4 Å². The first-order valence-corrected chi connectivity index (χ1v) is 8.25. The first-order valence-electron chi connectivity index (χ1n) is 6.76. The third-order valence-electron chi connectivity index (χ3n) is 3.47. The molecule has 0 amide bonds. The SMILES string of the molecule is CNc1ccc(S(=O)(=O)NC2CCOC(C)(C)C2)cc1. The van der Waals surface area contributed by atoms with E-state index >= 15 is 0 Å². The van der Waals surface area contributed by atoms with Crippen LogP contribution in [0.15, 0.2) is 29.2 Å². The molecule has 5 nitrogen and oxygen atoms in total. The van der Waals surface area contributed by atoms with Gasteiger partial charge >= 0.3 is 0 Å². The molecular formula is C14H22N2O3S. The molecule has 1 saturated heterocycles. The average Bonchev–Trinajstić information content (AvgIpc) is 2.37. The highest BCUT2D eigenvalue weighted by Crippen LogP contribution is 2.25. The monoisotopic (exact) mass is 298 g/mol. The lowest BCUT2D eigenvalue weighted by Crippen LogP contribution is -2.45. The fraction of sp³-hybridized carbons (Fsp3) is 0.571. The number of rotatable bonds is 4. The average molecular weight is 298 g/mol. The maximum atomic E-state index is 12.3. The normalized spacial score (nSPS) is 22.4.